The van der Waals surface area contributed by atoms with Crippen LogP contribution in [0.5, 0.6) is 0 Å². The van der Waals surface area contributed by atoms with Crippen molar-refractivity contribution in [3.05, 3.63) is 29.8 Å². The van der Waals surface area contributed by atoms with Crippen LogP contribution in [0, 0.1) is 17.8 Å². The van der Waals surface area contributed by atoms with Crippen molar-refractivity contribution in [2.75, 3.05) is 5.32 Å². The monoisotopic (exact) mass is 369 g/mol. The van der Waals surface area contributed by atoms with Crippen molar-refractivity contribution in [3.8, 4) is 0 Å². The number of hydrogen-bond donors (Lipinski definition) is 2. The molecule has 6 heteroatoms. The van der Waals surface area contributed by atoms with Gasteiger partial charge in [-0.3, -0.25) is 24.6 Å². The zero-order valence-corrected chi connectivity index (χ0v) is 16.3. The van der Waals surface area contributed by atoms with E-state index in [4.69, 9.17) is 0 Å². The molecule has 144 valence electrons. The zero-order valence-electron chi connectivity index (χ0n) is 16.3. The van der Waals surface area contributed by atoms with Gasteiger partial charge in [0, 0.05) is 23.3 Å². The Hall–Kier alpha value is -2.21. The molecule has 0 bridgehead atoms. The molecule has 3 aliphatic heterocycles. The van der Waals surface area contributed by atoms with E-state index in [1.54, 1.807) is 0 Å². The minimum Gasteiger partial charge on any atom is -0.324 e. The van der Waals surface area contributed by atoms with Gasteiger partial charge in [-0.15, -0.1) is 0 Å². The van der Waals surface area contributed by atoms with Crippen LogP contribution in [-0.2, 0) is 19.9 Å². The minimum absolute atomic E-state index is 0.133. The number of imide groups is 1. The summed E-state index contributed by atoms with van der Waals surface area (Å²) >= 11 is 0. The molecule has 5 unspecified atom stereocenters. The third-order valence-electron chi connectivity index (χ3n) is 6.41. The number of benzene rings is 1. The Labute approximate surface area is 159 Å². The highest BCUT2D eigenvalue weighted by molar-refractivity contribution is 6.15. The van der Waals surface area contributed by atoms with E-state index in [9.17, 15) is 14.4 Å². The van der Waals surface area contributed by atoms with Gasteiger partial charge in [-0.1, -0.05) is 39.0 Å². The third-order valence-corrected chi connectivity index (χ3v) is 6.41. The predicted octanol–water partition coefficient (Wildman–Crippen LogP) is 2.25. The Morgan fingerprint density at radius 1 is 1.11 bits per heavy atom. The summed E-state index contributed by atoms with van der Waals surface area (Å²) < 4.78 is 0. The van der Waals surface area contributed by atoms with E-state index in [0.717, 1.165) is 17.7 Å². The van der Waals surface area contributed by atoms with Crippen molar-refractivity contribution in [1.29, 1.82) is 0 Å². The van der Waals surface area contributed by atoms with Gasteiger partial charge in [-0.2, -0.15) is 0 Å². The molecule has 5 atom stereocenters. The van der Waals surface area contributed by atoms with Gasteiger partial charge in [0.05, 0.1) is 11.8 Å². The van der Waals surface area contributed by atoms with Crippen LogP contribution in [0.3, 0.4) is 0 Å². The Balaban J connectivity index is 1.87. The van der Waals surface area contributed by atoms with Crippen LogP contribution in [0.4, 0.5) is 5.69 Å². The van der Waals surface area contributed by atoms with Crippen LogP contribution in [-0.4, -0.2) is 34.7 Å². The molecule has 0 aliphatic carbocycles. The second-order valence-corrected chi connectivity index (χ2v) is 8.50. The summed E-state index contributed by atoms with van der Waals surface area (Å²) in [7, 11) is 0. The smallest absolute Gasteiger partial charge is 0.250 e. The van der Waals surface area contributed by atoms with E-state index in [0.29, 0.717) is 12.3 Å². The fraction of sp³-hybridized carbons (Fsp3) is 0.571. The first kappa shape index (κ1) is 18.2. The summed E-state index contributed by atoms with van der Waals surface area (Å²) in [6.45, 7) is 8.06. The number of carbonyl (C=O) groups is 3. The van der Waals surface area contributed by atoms with Crippen molar-refractivity contribution in [3.63, 3.8) is 0 Å². The predicted molar refractivity (Wildman–Crippen MR) is 102 cm³/mol. The van der Waals surface area contributed by atoms with E-state index in [1.165, 1.54) is 4.90 Å². The number of nitrogens with one attached hydrogen (secondary N) is 2. The van der Waals surface area contributed by atoms with E-state index >= 15 is 0 Å². The maximum Gasteiger partial charge on any atom is 0.250 e. The fourth-order valence-electron chi connectivity index (χ4n) is 5.11. The van der Waals surface area contributed by atoms with Crippen molar-refractivity contribution in [2.24, 2.45) is 17.8 Å². The highest BCUT2D eigenvalue weighted by Crippen LogP contribution is 2.53. The highest BCUT2D eigenvalue weighted by atomic mass is 16.2. The summed E-state index contributed by atoms with van der Waals surface area (Å²) in [4.78, 5) is 41.3. The van der Waals surface area contributed by atoms with Gasteiger partial charge in [0.25, 0.3) is 0 Å². The van der Waals surface area contributed by atoms with Crippen LogP contribution in [0.25, 0.3) is 0 Å². The number of anilines is 1. The van der Waals surface area contributed by atoms with E-state index in [-0.39, 0.29) is 29.8 Å². The molecule has 0 radical (unpaired) electrons. The number of para-hydroxylation sites is 1. The lowest BCUT2D eigenvalue weighted by atomic mass is 9.76. The molecule has 6 nitrogen and oxygen atoms in total. The van der Waals surface area contributed by atoms with Gasteiger partial charge in [-0.25, -0.2) is 0 Å². The first-order chi connectivity index (χ1) is 12.8. The van der Waals surface area contributed by atoms with Crippen molar-refractivity contribution >= 4 is 23.4 Å². The molecule has 1 aromatic carbocycles. The first-order valence-electron chi connectivity index (χ1n) is 9.88. The molecule has 1 aromatic rings. The molecule has 0 aromatic heterocycles. The summed E-state index contributed by atoms with van der Waals surface area (Å²) in [5.41, 5.74) is 0.347. The number of rotatable bonds is 4. The normalized spacial score (nSPS) is 33.0. The zero-order chi connectivity index (χ0) is 19.5. The molecular weight excluding hydrogens is 342 g/mol. The average Bonchev–Trinajstić information content (AvgIpc) is 3.19. The SMILES string of the molecule is CCC(C)N1C(=O)C2C(CC(C)C)NC3(C(=O)Nc4ccccc43)C2C1=O. The standard InChI is InChI=1S/C21H27N3O3/c1-5-12(4)24-18(25)16-15(10-11(2)3)23-21(17(16)19(24)26)13-8-6-7-9-14(13)22-20(21)27/h6-9,11-12,15-17,23H,5,10H2,1-4H3,(H,22,27). The topological polar surface area (TPSA) is 78.5 Å². The van der Waals surface area contributed by atoms with Gasteiger partial charge in [-0.05, 0) is 31.7 Å². The molecule has 27 heavy (non-hydrogen) atoms. The summed E-state index contributed by atoms with van der Waals surface area (Å²) in [5.74, 6) is -1.41. The number of nitrogens with zero attached hydrogens (tertiary/aromatic N) is 1. The van der Waals surface area contributed by atoms with Crippen molar-refractivity contribution < 1.29 is 14.4 Å². The summed E-state index contributed by atoms with van der Waals surface area (Å²) in [6.07, 6.45) is 1.45. The van der Waals surface area contributed by atoms with Gasteiger partial charge >= 0.3 is 0 Å². The van der Waals surface area contributed by atoms with Crippen molar-refractivity contribution in [2.45, 2.75) is 58.2 Å². The van der Waals surface area contributed by atoms with Crippen LogP contribution >= 0.6 is 0 Å². The minimum atomic E-state index is -1.16. The maximum absolute atomic E-state index is 13.4. The van der Waals surface area contributed by atoms with E-state index in [2.05, 4.69) is 24.5 Å². The van der Waals surface area contributed by atoms with Crippen LogP contribution in [0.1, 0.15) is 46.1 Å². The number of carbonyl (C=O) groups excluding carboxylic acids is 3. The Morgan fingerprint density at radius 2 is 1.81 bits per heavy atom. The number of amides is 3. The summed E-state index contributed by atoms with van der Waals surface area (Å²) in [6, 6.07) is 7.12. The lowest BCUT2D eigenvalue weighted by molar-refractivity contribution is -0.145. The lowest BCUT2D eigenvalue weighted by Gasteiger charge is -2.31. The molecule has 3 heterocycles. The van der Waals surface area contributed by atoms with Crippen LogP contribution in [0.15, 0.2) is 24.3 Å². The molecule has 3 amide bonds. The number of fused-ring (bicyclic) bond motifs is 4. The maximum atomic E-state index is 13.4. The Bertz CT molecular complexity index is 821. The van der Waals surface area contributed by atoms with Gasteiger partial charge in [0.15, 0.2) is 0 Å². The fourth-order valence-corrected chi connectivity index (χ4v) is 5.11. The second-order valence-electron chi connectivity index (χ2n) is 8.50. The molecule has 3 aliphatic rings. The number of hydrogen-bond acceptors (Lipinski definition) is 4. The molecular formula is C21H27N3O3. The van der Waals surface area contributed by atoms with Gasteiger partial charge in [0.2, 0.25) is 17.7 Å². The molecule has 4 rings (SSSR count). The first-order valence-corrected chi connectivity index (χ1v) is 9.88. The molecule has 2 saturated heterocycles. The van der Waals surface area contributed by atoms with Crippen LogP contribution in [0.2, 0.25) is 0 Å². The summed E-state index contributed by atoms with van der Waals surface area (Å²) in [5, 5.41) is 6.39. The highest BCUT2D eigenvalue weighted by Gasteiger charge is 2.70. The van der Waals surface area contributed by atoms with E-state index < -0.39 is 17.4 Å². The van der Waals surface area contributed by atoms with Gasteiger partial charge in [0.1, 0.15) is 5.54 Å². The van der Waals surface area contributed by atoms with Crippen LogP contribution < -0.4 is 10.6 Å². The Morgan fingerprint density at radius 3 is 2.48 bits per heavy atom. The van der Waals surface area contributed by atoms with Gasteiger partial charge < -0.3 is 5.32 Å². The lowest BCUT2D eigenvalue weighted by Crippen LogP contribution is -2.54. The van der Waals surface area contributed by atoms with E-state index in [1.807, 2.05) is 38.1 Å². The molecule has 1 spiro atoms. The molecule has 0 saturated carbocycles. The Kier molecular flexibility index (Phi) is 4.14. The number of likely N-dealkylation sites (tertiary alicyclic amines) is 1. The molecule has 2 fully saturated rings. The average molecular weight is 369 g/mol. The second kappa shape index (κ2) is 6.16. The molecule has 2 N–H and O–H groups in total. The quantitative estimate of drug-likeness (QED) is 0.798. The van der Waals surface area contributed by atoms with Crippen molar-refractivity contribution in [1.82, 2.24) is 10.2 Å². The largest absolute Gasteiger partial charge is 0.324 e. The third kappa shape index (κ3) is 2.32.